The van der Waals surface area contributed by atoms with Gasteiger partial charge in [-0.1, -0.05) is 13.8 Å². The predicted octanol–water partition coefficient (Wildman–Crippen LogP) is 0.418. The summed E-state index contributed by atoms with van der Waals surface area (Å²) in [6.07, 6.45) is 0.653. The summed E-state index contributed by atoms with van der Waals surface area (Å²) >= 11 is 0. The van der Waals surface area contributed by atoms with Crippen molar-refractivity contribution in [2.45, 2.75) is 20.0 Å². The van der Waals surface area contributed by atoms with E-state index in [0.29, 0.717) is 6.17 Å². The largest absolute Gasteiger partial charge is 0.235 e. The van der Waals surface area contributed by atoms with E-state index >= 15 is 0 Å². The fourth-order valence-electron chi connectivity index (χ4n) is 0.772. The van der Waals surface area contributed by atoms with E-state index in [2.05, 4.69) is 31.3 Å². The summed E-state index contributed by atoms with van der Waals surface area (Å²) in [4.78, 5) is 0. The Hall–Kier alpha value is -0.0800. The first-order valence-electron chi connectivity index (χ1n) is 2.71. The topological polar surface area (TPSA) is 25.0 Å². The first-order chi connectivity index (χ1) is 3.22. The molecule has 0 radical (unpaired) electrons. The van der Waals surface area contributed by atoms with Gasteiger partial charge in [0.25, 0.3) is 0 Å². The van der Waals surface area contributed by atoms with Gasteiger partial charge in [-0.25, -0.2) is 10.4 Å². The molecule has 2 nitrogen and oxygen atoms in total. The Morgan fingerprint density at radius 2 is 2.00 bits per heavy atom. The Morgan fingerprint density at radius 1 is 1.57 bits per heavy atom. The van der Waals surface area contributed by atoms with Crippen molar-refractivity contribution in [1.29, 1.82) is 0 Å². The van der Waals surface area contributed by atoms with Crippen LogP contribution >= 0.6 is 0 Å². The lowest BCUT2D eigenvalue weighted by atomic mass is 10.2. The standard InChI is InChI=1S/C5H12N2/c1-4(2)5-6-7(5)3/h4-6H,1-3H3. The summed E-state index contributed by atoms with van der Waals surface area (Å²) in [5.41, 5.74) is 3.16. The summed E-state index contributed by atoms with van der Waals surface area (Å²) in [6.45, 7) is 4.42. The third-order valence-corrected chi connectivity index (χ3v) is 1.32. The number of hydrogen-bond donors (Lipinski definition) is 1. The fraction of sp³-hybridized carbons (Fsp3) is 1.00. The van der Waals surface area contributed by atoms with Crippen molar-refractivity contribution in [3.05, 3.63) is 0 Å². The highest BCUT2D eigenvalue weighted by Gasteiger charge is 2.31. The third-order valence-electron chi connectivity index (χ3n) is 1.32. The maximum absolute atomic E-state index is 3.16. The molecule has 2 unspecified atom stereocenters. The Labute approximate surface area is 44.5 Å². The van der Waals surface area contributed by atoms with Gasteiger partial charge in [-0.05, 0) is 5.92 Å². The normalized spacial score (nSPS) is 39.4. The van der Waals surface area contributed by atoms with Gasteiger partial charge in [0.1, 0.15) is 0 Å². The molecular weight excluding hydrogens is 88.1 g/mol. The maximum Gasteiger partial charge on any atom is 0.0883 e. The molecule has 42 valence electrons. The summed E-state index contributed by atoms with van der Waals surface area (Å²) in [5.74, 6) is 0.755. The monoisotopic (exact) mass is 100 g/mol. The van der Waals surface area contributed by atoms with E-state index in [-0.39, 0.29) is 0 Å². The van der Waals surface area contributed by atoms with Crippen LogP contribution < -0.4 is 5.43 Å². The highest BCUT2D eigenvalue weighted by Crippen LogP contribution is 2.13. The van der Waals surface area contributed by atoms with Crippen molar-refractivity contribution in [1.82, 2.24) is 10.4 Å². The zero-order valence-corrected chi connectivity index (χ0v) is 5.10. The molecule has 1 aliphatic rings. The van der Waals surface area contributed by atoms with Gasteiger partial charge in [-0.2, -0.15) is 0 Å². The van der Waals surface area contributed by atoms with E-state index in [1.165, 1.54) is 0 Å². The summed E-state index contributed by atoms with van der Waals surface area (Å²) in [6, 6.07) is 0. The molecule has 0 aliphatic carbocycles. The molecule has 0 bridgehead atoms. The van der Waals surface area contributed by atoms with E-state index in [0.717, 1.165) is 5.92 Å². The van der Waals surface area contributed by atoms with Gasteiger partial charge in [0, 0.05) is 7.05 Å². The second-order valence-corrected chi connectivity index (χ2v) is 2.43. The van der Waals surface area contributed by atoms with E-state index < -0.39 is 0 Å². The summed E-state index contributed by atoms with van der Waals surface area (Å²) in [7, 11) is 2.06. The van der Waals surface area contributed by atoms with Crippen molar-refractivity contribution in [2.24, 2.45) is 5.92 Å². The molecule has 0 spiro atoms. The lowest BCUT2D eigenvalue weighted by Crippen LogP contribution is -2.02. The van der Waals surface area contributed by atoms with Gasteiger partial charge in [0.15, 0.2) is 0 Å². The van der Waals surface area contributed by atoms with Crippen LogP contribution in [0.1, 0.15) is 13.8 Å². The minimum atomic E-state index is 0.653. The SMILES string of the molecule is CC(C)C1NN1C. The van der Waals surface area contributed by atoms with Crippen LogP contribution in [0, 0.1) is 5.92 Å². The van der Waals surface area contributed by atoms with Gasteiger partial charge >= 0.3 is 0 Å². The minimum Gasteiger partial charge on any atom is -0.235 e. The second-order valence-electron chi connectivity index (χ2n) is 2.43. The Morgan fingerprint density at radius 3 is 2.00 bits per heavy atom. The van der Waals surface area contributed by atoms with Crippen LogP contribution in [0.4, 0.5) is 0 Å². The zero-order valence-electron chi connectivity index (χ0n) is 5.10. The average molecular weight is 100 g/mol. The van der Waals surface area contributed by atoms with Gasteiger partial charge in [0.2, 0.25) is 0 Å². The highest BCUT2D eigenvalue weighted by atomic mass is 15.7. The van der Waals surface area contributed by atoms with Gasteiger partial charge < -0.3 is 0 Å². The number of hydrazine groups is 1. The van der Waals surface area contributed by atoms with Crippen LogP contribution in [0.25, 0.3) is 0 Å². The molecule has 0 aromatic heterocycles. The Bertz CT molecular complexity index is 70.5. The summed E-state index contributed by atoms with van der Waals surface area (Å²) < 4.78 is 0. The molecule has 2 atom stereocenters. The van der Waals surface area contributed by atoms with E-state index in [1.807, 2.05) is 0 Å². The Kier molecular flexibility index (Phi) is 1.05. The van der Waals surface area contributed by atoms with Crippen molar-refractivity contribution < 1.29 is 0 Å². The first-order valence-corrected chi connectivity index (χ1v) is 2.71. The van der Waals surface area contributed by atoms with Crippen LogP contribution in [0.5, 0.6) is 0 Å². The minimum absolute atomic E-state index is 0.653. The van der Waals surface area contributed by atoms with E-state index in [4.69, 9.17) is 0 Å². The molecule has 1 aliphatic heterocycles. The molecule has 1 saturated heterocycles. The van der Waals surface area contributed by atoms with Gasteiger partial charge in [-0.15, -0.1) is 0 Å². The number of hydrogen-bond acceptors (Lipinski definition) is 2. The lowest BCUT2D eigenvalue weighted by Gasteiger charge is -1.94. The first kappa shape index (κ1) is 5.06. The molecule has 1 heterocycles. The summed E-state index contributed by atoms with van der Waals surface area (Å²) in [5, 5.41) is 2.12. The van der Waals surface area contributed by atoms with Crippen LogP contribution in [0.15, 0.2) is 0 Å². The smallest absolute Gasteiger partial charge is 0.0883 e. The molecule has 1 fully saturated rings. The lowest BCUT2D eigenvalue weighted by molar-refractivity contribution is 0.505. The van der Waals surface area contributed by atoms with Gasteiger partial charge in [0.05, 0.1) is 6.17 Å². The molecule has 0 aromatic rings. The number of rotatable bonds is 1. The van der Waals surface area contributed by atoms with Crippen molar-refractivity contribution in [2.75, 3.05) is 7.05 Å². The molecule has 0 amide bonds. The molecule has 1 rings (SSSR count). The zero-order chi connectivity index (χ0) is 5.44. The fourth-order valence-corrected chi connectivity index (χ4v) is 0.772. The van der Waals surface area contributed by atoms with Crippen molar-refractivity contribution >= 4 is 0 Å². The van der Waals surface area contributed by atoms with E-state index in [1.54, 1.807) is 0 Å². The maximum atomic E-state index is 3.16. The highest BCUT2D eigenvalue weighted by molar-refractivity contribution is 4.76. The van der Waals surface area contributed by atoms with Crippen LogP contribution in [-0.4, -0.2) is 18.2 Å². The molecule has 7 heavy (non-hydrogen) atoms. The molecule has 1 N–H and O–H groups in total. The number of nitrogens with one attached hydrogen (secondary N) is 1. The van der Waals surface area contributed by atoms with Crippen molar-refractivity contribution in [3.8, 4) is 0 Å². The molecule has 0 saturated carbocycles. The van der Waals surface area contributed by atoms with E-state index in [9.17, 15) is 0 Å². The van der Waals surface area contributed by atoms with Crippen LogP contribution in [-0.2, 0) is 0 Å². The quantitative estimate of drug-likeness (QED) is 0.483. The third kappa shape index (κ3) is 0.924. The number of nitrogens with zero attached hydrogens (tertiary/aromatic N) is 1. The van der Waals surface area contributed by atoms with Crippen molar-refractivity contribution in [3.63, 3.8) is 0 Å². The average Bonchev–Trinajstić information content (AvgIpc) is 2.17. The Balaban J connectivity index is 2.20. The predicted molar refractivity (Wildman–Crippen MR) is 29.5 cm³/mol. The molecule has 2 heteroatoms. The molecule has 0 aromatic carbocycles. The molecular formula is C5H12N2. The van der Waals surface area contributed by atoms with Gasteiger partial charge in [-0.3, -0.25) is 0 Å². The van der Waals surface area contributed by atoms with Crippen LogP contribution in [0.2, 0.25) is 0 Å². The van der Waals surface area contributed by atoms with Crippen LogP contribution in [0.3, 0.4) is 0 Å². The second kappa shape index (κ2) is 1.46.